The molecule has 3 nitrogen and oxygen atoms in total. The minimum absolute atomic E-state index is 0.0890. The fourth-order valence-electron chi connectivity index (χ4n) is 3.63. The number of aliphatic hydroxyl groups excluding tert-OH is 1. The van der Waals surface area contributed by atoms with E-state index >= 15 is 0 Å². The third kappa shape index (κ3) is 2.40. The van der Waals surface area contributed by atoms with Crippen molar-refractivity contribution >= 4 is 21.8 Å². The van der Waals surface area contributed by atoms with Crippen LogP contribution in [0.4, 0.5) is 0 Å². The normalized spacial score (nSPS) is 25.4. The molecule has 0 aromatic heterocycles. The zero-order valence-corrected chi connectivity index (χ0v) is 13.1. The van der Waals surface area contributed by atoms with Gasteiger partial charge in [-0.15, -0.1) is 0 Å². The van der Waals surface area contributed by atoms with Gasteiger partial charge in [0.2, 0.25) is 0 Å². The summed E-state index contributed by atoms with van der Waals surface area (Å²) in [6, 6.07) is 7.94. The maximum absolute atomic E-state index is 12.5. The first-order chi connectivity index (χ1) is 9.62. The van der Waals surface area contributed by atoms with Crippen LogP contribution in [0.15, 0.2) is 28.7 Å². The fraction of sp³-hybridized carbons (Fsp3) is 0.562. The Morgan fingerprint density at radius 1 is 1.25 bits per heavy atom. The van der Waals surface area contributed by atoms with Crippen molar-refractivity contribution < 1.29 is 9.90 Å². The van der Waals surface area contributed by atoms with Crippen LogP contribution in [0, 0.1) is 5.41 Å². The van der Waals surface area contributed by atoms with Gasteiger partial charge in [0.25, 0.3) is 5.91 Å². The van der Waals surface area contributed by atoms with Crippen molar-refractivity contribution in [3.63, 3.8) is 0 Å². The molecule has 0 radical (unpaired) electrons. The zero-order valence-electron chi connectivity index (χ0n) is 11.5. The van der Waals surface area contributed by atoms with Gasteiger partial charge < -0.3 is 10.0 Å². The van der Waals surface area contributed by atoms with E-state index in [1.54, 1.807) is 4.90 Å². The van der Waals surface area contributed by atoms with Gasteiger partial charge in [-0.05, 0) is 30.9 Å². The molecule has 20 heavy (non-hydrogen) atoms. The van der Waals surface area contributed by atoms with Crippen LogP contribution in [0.3, 0.4) is 0 Å². The summed E-state index contributed by atoms with van der Waals surface area (Å²) in [5.74, 6) is -0.0890. The largest absolute Gasteiger partial charge is 0.383 e. The second kappa shape index (κ2) is 5.49. The van der Waals surface area contributed by atoms with E-state index in [1.165, 1.54) is 0 Å². The van der Waals surface area contributed by atoms with E-state index < -0.39 is 6.10 Å². The van der Waals surface area contributed by atoms with Crippen molar-refractivity contribution in [2.75, 3.05) is 6.54 Å². The smallest absolute Gasteiger partial charge is 0.252 e. The van der Waals surface area contributed by atoms with Gasteiger partial charge in [0.15, 0.2) is 0 Å². The molecule has 4 heteroatoms. The van der Waals surface area contributed by atoms with Gasteiger partial charge in [0.05, 0.1) is 0 Å². The quantitative estimate of drug-likeness (QED) is 0.900. The van der Waals surface area contributed by atoms with Gasteiger partial charge in [0, 0.05) is 23.0 Å². The highest BCUT2D eigenvalue weighted by molar-refractivity contribution is 9.10. The molecule has 1 aliphatic heterocycles. The third-order valence-corrected chi connectivity index (χ3v) is 5.70. The third-order valence-electron chi connectivity index (χ3n) is 4.92. The molecule has 108 valence electrons. The SMILES string of the molecule is O=C1C(O)C2(CCCC2)CCN1Cc1ccccc1Br. The first kappa shape index (κ1) is 14.1. The topological polar surface area (TPSA) is 40.5 Å². The van der Waals surface area contributed by atoms with Crippen LogP contribution in [-0.4, -0.2) is 28.6 Å². The minimum atomic E-state index is -0.804. The second-order valence-corrected chi connectivity index (χ2v) is 6.93. The maximum Gasteiger partial charge on any atom is 0.252 e. The Morgan fingerprint density at radius 2 is 1.95 bits per heavy atom. The van der Waals surface area contributed by atoms with Gasteiger partial charge in [-0.3, -0.25) is 4.79 Å². The molecule has 1 unspecified atom stereocenters. The molecule has 1 spiro atoms. The van der Waals surface area contributed by atoms with E-state index in [1.807, 2.05) is 24.3 Å². The molecule has 2 aliphatic rings. The number of hydrogen-bond donors (Lipinski definition) is 1. The number of amides is 1. The molecule has 1 aromatic rings. The van der Waals surface area contributed by atoms with E-state index in [9.17, 15) is 9.90 Å². The van der Waals surface area contributed by atoms with Crippen LogP contribution >= 0.6 is 15.9 Å². The van der Waals surface area contributed by atoms with E-state index in [4.69, 9.17) is 0 Å². The summed E-state index contributed by atoms with van der Waals surface area (Å²) in [5.41, 5.74) is 0.969. The molecule has 1 aromatic carbocycles. The van der Waals surface area contributed by atoms with Gasteiger partial charge >= 0.3 is 0 Å². The summed E-state index contributed by atoms with van der Waals surface area (Å²) >= 11 is 3.52. The van der Waals surface area contributed by atoms with E-state index in [-0.39, 0.29) is 11.3 Å². The number of hydrogen-bond acceptors (Lipinski definition) is 2. The van der Waals surface area contributed by atoms with Crippen molar-refractivity contribution in [2.24, 2.45) is 5.41 Å². The molecule has 1 N–H and O–H groups in total. The van der Waals surface area contributed by atoms with Crippen molar-refractivity contribution in [1.82, 2.24) is 4.90 Å². The standard InChI is InChI=1S/C16H20BrNO2/c17-13-6-2-1-5-12(13)11-18-10-9-16(7-3-4-8-16)14(19)15(18)20/h1-2,5-6,14,19H,3-4,7-11H2. The molecule has 1 atom stereocenters. The summed E-state index contributed by atoms with van der Waals surface area (Å²) in [7, 11) is 0. The first-order valence-corrected chi connectivity index (χ1v) is 8.12. The predicted octanol–water partition coefficient (Wildman–Crippen LogP) is 3.10. The number of rotatable bonds is 2. The lowest BCUT2D eigenvalue weighted by Crippen LogP contribution is -2.53. The number of nitrogens with zero attached hydrogens (tertiary/aromatic N) is 1. The molecule has 1 aliphatic carbocycles. The van der Waals surface area contributed by atoms with Crippen LogP contribution in [0.5, 0.6) is 0 Å². The molecule has 1 saturated carbocycles. The average molecular weight is 338 g/mol. The number of halogens is 1. The highest BCUT2D eigenvalue weighted by Gasteiger charge is 2.48. The summed E-state index contributed by atoms with van der Waals surface area (Å²) in [5, 5.41) is 10.4. The Morgan fingerprint density at radius 3 is 2.65 bits per heavy atom. The Hall–Kier alpha value is -0.870. The van der Waals surface area contributed by atoms with Gasteiger partial charge in [-0.1, -0.05) is 47.0 Å². The maximum atomic E-state index is 12.5. The second-order valence-electron chi connectivity index (χ2n) is 6.07. The summed E-state index contributed by atoms with van der Waals surface area (Å²) in [6.07, 6.45) is 4.43. The number of carbonyl (C=O) groups is 1. The van der Waals surface area contributed by atoms with E-state index in [0.29, 0.717) is 6.54 Å². The van der Waals surface area contributed by atoms with Crippen molar-refractivity contribution in [3.8, 4) is 0 Å². The minimum Gasteiger partial charge on any atom is -0.383 e. The Bertz CT molecular complexity index is 511. The van der Waals surface area contributed by atoms with Crippen LogP contribution in [0.25, 0.3) is 0 Å². The van der Waals surface area contributed by atoms with E-state index in [2.05, 4.69) is 15.9 Å². The Labute approximate surface area is 128 Å². The first-order valence-electron chi connectivity index (χ1n) is 7.33. The Balaban J connectivity index is 1.74. The Kier molecular flexibility index (Phi) is 3.87. The van der Waals surface area contributed by atoms with Crippen LogP contribution in [0.1, 0.15) is 37.7 Å². The fourth-order valence-corrected chi connectivity index (χ4v) is 4.04. The predicted molar refractivity (Wildman–Crippen MR) is 81.1 cm³/mol. The molecule has 1 heterocycles. The summed E-state index contributed by atoms with van der Waals surface area (Å²) in [4.78, 5) is 14.3. The number of carbonyl (C=O) groups excluding carboxylic acids is 1. The highest BCUT2D eigenvalue weighted by atomic mass is 79.9. The molecule has 1 saturated heterocycles. The zero-order chi connectivity index (χ0) is 14.2. The number of piperidine rings is 1. The van der Waals surface area contributed by atoms with Crippen molar-refractivity contribution in [3.05, 3.63) is 34.3 Å². The van der Waals surface area contributed by atoms with Gasteiger partial charge in [-0.2, -0.15) is 0 Å². The summed E-state index contributed by atoms with van der Waals surface area (Å²) in [6.45, 7) is 1.34. The van der Waals surface area contributed by atoms with Crippen LogP contribution in [-0.2, 0) is 11.3 Å². The molecule has 1 amide bonds. The van der Waals surface area contributed by atoms with Gasteiger partial charge in [0.1, 0.15) is 6.10 Å². The van der Waals surface area contributed by atoms with Crippen molar-refractivity contribution in [2.45, 2.75) is 44.8 Å². The monoisotopic (exact) mass is 337 g/mol. The number of likely N-dealkylation sites (tertiary alicyclic amines) is 1. The molecule has 2 fully saturated rings. The lowest BCUT2D eigenvalue weighted by molar-refractivity contribution is -0.156. The molecule has 0 bridgehead atoms. The van der Waals surface area contributed by atoms with E-state index in [0.717, 1.165) is 48.7 Å². The van der Waals surface area contributed by atoms with Crippen LogP contribution in [0.2, 0.25) is 0 Å². The number of aliphatic hydroxyl groups is 1. The highest BCUT2D eigenvalue weighted by Crippen LogP contribution is 2.46. The van der Waals surface area contributed by atoms with Crippen LogP contribution < -0.4 is 0 Å². The molecule has 3 rings (SSSR count). The van der Waals surface area contributed by atoms with Gasteiger partial charge in [-0.25, -0.2) is 0 Å². The average Bonchev–Trinajstić information content (AvgIpc) is 2.92. The summed E-state index contributed by atoms with van der Waals surface area (Å²) < 4.78 is 1.02. The number of benzene rings is 1. The molecular formula is C16H20BrNO2. The van der Waals surface area contributed by atoms with Crippen molar-refractivity contribution in [1.29, 1.82) is 0 Å². The lowest BCUT2D eigenvalue weighted by atomic mass is 9.74. The lowest BCUT2D eigenvalue weighted by Gasteiger charge is -2.42. The molecular weight excluding hydrogens is 318 g/mol.